The zero-order valence-electron chi connectivity index (χ0n) is 10.1. The predicted molar refractivity (Wildman–Crippen MR) is 66.5 cm³/mol. The maximum atomic E-state index is 5.90. The van der Waals surface area contributed by atoms with Crippen molar-refractivity contribution in [2.75, 3.05) is 0 Å². The minimum absolute atomic E-state index is 0.129. The highest BCUT2D eigenvalue weighted by atomic mass is 16.5. The summed E-state index contributed by atoms with van der Waals surface area (Å²) in [6.07, 6.45) is 3.48. The van der Waals surface area contributed by atoms with E-state index in [2.05, 4.69) is 9.97 Å². The van der Waals surface area contributed by atoms with Crippen molar-refractivity contribution in [1.82, 2.24) is 9.97 Å². The van der Waals surface area contributed by atoms with Gasteiger partial charge in [-0.25, -0.2) is 0 Å². The Labute approximate surface area is 102 Å². The van der Waals surface area contributed by atoms with Crippen LogP contribution in [0, 0.1) is 0 Å². The first-order chi connectivity index (χ1) is 8.27. The third-order valence-corrected chi connectivity index (χ3v) is 2.32. The second-order valence-corrected chi connectivity index (χ2v) is 4.07. The highest BCUT2D eigenvalue weighted by Gasteiger charge is 2.18. The summed E-state index contributed by atoms with van der Waals surface area (Å²) in [6, 6.07) is 11.6. The van der Waals surface area contributed by atoms with E-state index in [1.165, 1.54) is 0 Å². The Hall–Kier alpha value is -1.74. The van der Waals surface area contributed by atoms with Crippen molar-refractivity contribution in [2.45, 2.75) is 26.1 Å². The van der Waals surface area contributed by atoms with Gasteiger partial charge in [0.1, 0.15) is 6.10 Å². The maximum absolute atomic E-state index is 5.90. The van der Waals surface area contributed by atoms with Gasteiger partial charge in [-0.1, -0.05) is 12.1 Å². The number of hydrogen-bond acceptors (Lipinski definition) is 3. The zero-order chi connectivity index (χ0) is 12.1. The largest absolute Gasteiger partial charge is 0.363 e. The molecule has 0 saturated heterocycles. The molecule has 0 spiro atoms. The molecule has 17 heavy (non-hydrogen) atoms. The fourth-order valence-corrected chi connectivity index (χ4v) is 1.63. The number of aromatic nitrogens is 2. The van der Waals surface area contributed by atoms with Crippen LogP contribution in [0.1, 0.15) is 31.3 Å². The van der Waals surface area contributed by atoms with Crippen LogP contribution in [0.3, 0.4) is 0 Å². The van der Waals surface area contributed by atoms with E-state index < -0.39 is 0 Å². The lowest BCUT2D eigenvalue weighted by atomic mass is 10.1. The highest BCUT2D eigenvalue weighted by molar-refractivity contribution is 5.19. The Kier molecular flexibility index (Phi) is 3.83. The average molecular weight is 228 g/mol. The van der Waals surface area contributed by atoms with E-state index in [0.29, 0.717) is 0 Å². The van der Waals surface area contributed by atoms with Crippen molar-refractivity contribution in [3.05, 3.63) is 60.2 Å². The molecule has 2 heterocycles. The number of nitrogens with zero attached hydrogens (tertiary/aromatic N) is 2. The first-order valence-corrected chi connectivity index (χ1v) is 5.74. The summed E-state index contributed by atoms with van der Waals surface area (Å²) in [6.45, 7) is 4.03. The van der Waals surface area contributed by atoms with Gasteiger partial charge in [-0.3, -0.25) is 9.97 Å². The predicted octanol–water partition coefficient (Wildman–Crippen LogP) is 2.99. The first kappa shape index (κ1) is 11.7. The summed E-state index contributed by atoms with van der Waals surface area (Å²) >= 11 is 0. The molecule has 2 rings (SSSR count). The Morgan fingerprint density at radius 3 is 1.76 bits per heavy atom. The summed E-state index contributed by atoms with van der Waals surface area (Å²) in [5.74, 6) is 0. The van der Waals surface area contributed by atoms with E-state index in [1.54, 1.807) is 12.4 Å². The van der Waals surface area contributed by atoms with Gasteiger partial charge in [0.25, 0.3) is 0 Å². The van der Waals surface area contributed by atoms with Gasteiger partial charge >= 0.3 is 0 Å². The van der Waals surface area contributed by atoms with Crippen LogP contribution in [0.2, 0.25) is 0 Å². The molecule has 0 N–H and O–H groups in total. The number of pyridine rings is 2. The van der Waals surface area contributed by atoms with Gasteiger partial charge in [0, 0.05) is 12.4 Å². The Morgan fingerprint density at radius 2 is 1.41 bits per heavy atom. The minimum Gasteiger partial charge on any atom is -0.363 e. The van der Waals surface area contributed by atoms with E-state index >= 15 is 0 Å². The van der Waals surface area contributed by atoms with E-state index in [-0.39, 0.29) is 12.2 Å². The molecule has 0 radical (unpaired) electrons. The molecule has 0 aromatic carbocycles. The summed E-state index contributed by atoms with van der Waals surface area (Å²) in [7, 11) is 0. The van der Waals surface area contributed by atoms with Crippen molar-refractivity contribution < 1.29 is 4.74 Å². The molecule has 0 unspecified atom stereocenters. The standard InChI is InChI=1S/C14H16N2O/c1-11(2)17-14(12-7-3-5-9-15-12)13-8-4-6-10-16-13/h3-11,14H,1-2H3. The van der Waals surface area contributed by atoms with Crippen LogP contribution < -0.4 is 0 Å². The number of ether oxygens (including phenoxy) is 1. The lowest BCUT2D eigenvalue weighted by molar-refractivity contribution is 0.0257. The monoisotopic (exact) mass is 228 g/mol. The van der Waals surface area contributed by atoms with Gasteiger partial charge in [-0.15, -0.1) is 0 Å². The molecule has 0 amide bonds. The van der Waals surface area contributed by atoms with Crippen molar-refractivity contribution >= 4 is 0 Å². The van der Waals surface area contributed by atoms with Crippen LogP contribution in [-0.4, -0.2) is 16.1 Å². The second-order valence-electron chi connectivity index (χ2n) is 4.07. The molecule has 88 valence electrons. The van der Waals surface area contributed by atoms with Gasteiger partial charge in [-0.2, -0.15) is 0 Å². The molecule has 3 heteroatoms. The highest BCUT2D eigenvalue weighted by Crippen LogP contribution is 2.23. The van der Waals surface area contributed by atoms with Crippen LogP contribution in [-0.2, 0) is 4.74 Å². The summed E-state index contributed by atoms with van der Waals surface area (Å²) in [4.78, 5) is 8.69. The van der Waals surface area contributed by atoms with E-state index in [0.717, 1.165) is 11.4 Å². The van der Waals surface area contributed by atoms with Gasteiger partial charge in [-0.05, 0) is 38.1 Å². The number of hydrogen-bond donors (Lipinski definition) is 0. The SMILES string of the molecule is CC(C)OC(c1ccccn1)c1ccccn1. The molecule has 0 atom stereocenters. The average Bonchev–Trinajstić information content (AvgIpc) is 2.38. The lowest BCUT2D eigenvalue weighted by Gasteiger charge is -2.19. The van der Waals surface area contributed by atoms with Crippen molar-refractivity contribution in [2.24, 2.45) is 0 Å². The second kappa shape index (κ2) is 5.55. The fourth-order valence-electron chi connectivity index (χ4n) is 1.63. The molecule has 0 aliphatic carbocycles. The van der Waals surface area contributed by atoms with E-state index in [1.807, 2.05) is 50.2 Å². The summed E-state index contributed by atoms with van der Waals surface area (Å²) in [5.41, 5.74) is 1.78. The lowest BCUT2D eigenvalue weighted by Crippen LogP contribution is -2.14. The Morgan fingerprint density at radius 1 is 0.882 bits per heavy atom. The molecule has 0 aliphatic heterocycles. The molecule has 0 fully saturated rings. The van der Waals surface area contributed by atoms with Gasteiger partial charge in [0.05, 0.1) is 17.5 Å². The van der Waals surface area contributed by atoms with Crippen LogP contribution in [0.15, 0.2) is 48.8 Å². The molecule has 0 saturated carbocycles. The minimum atomic E-state index is -0.197. The van der Waals surface area contributed by atoms with Gasteiger partial charge < -0.3 is 4.74 Å². The third-order valence-electron chi connectivity index (χ3n) is 2.32. The van der Waals surface area contributed by atoms with Crippen LogP contribution in [0.25, 0.3) is 0 Å². The van der Waals surface area contributed by atoms with Crippen LogP contribution in [0.5, 0.6) is 0 Å². The van der Waals surface area contributed by atoms with E-state index in [4.69, 9.17) is 4.74 Å². The Bertz CT molecular complexity index is 403. The van der Waals surface area contributed by atoms with Gasteiger partial charge in [0.15, 0.2) is 0 Å². The number of rotatable bonds is 4. The molecule has 2 aromatic rings. The first-order valence-electron chi connectivity index (χ1n) is 5.74. The third kappa shape index (κ3) is 3.11. The van der Waals surface area contributed by atoms with Crippen molar-refractivity contribution in [3.8, 4) is 0 Å². The van der Waals surface area contributed by atoms with Crippen LogP contribution >= 0.6 is 0 Å². The van der Waals surface area contributed by atoms with Crippen molar-refractivity contribution in [1.29, 1.82) is 0 Å². The van der Waals surface area contributed by atoms with E-state index in [9.17, 15) is 0 Å². The summed E-state index contributed by atoms with van der Waals surface area (Å²) in [5, 5.41) is 0. The molecular weight excluding hydrogens is 212 g/mol. The van der Waals surface area contributed by atoms with Gasteiger partial charge in [0.2, 0.25) is 0 Å². The molecular formula is C14H16N2O. The molecule has 0 aliphatic rings. The smallest absolute Gasteiger partial charge is 0.142 e. The maximum Gasteiger partial charge on any atom is 0.142 e. The molecule has 0 bridgehead atoms. The molecule has 2 aromatic heterocycles. The topological polar surface area (TPSA) is 35.0 Å². The fraction of sp³-hybridized carbons (Fsp3) is 0.286. The normalized spacial score (nSPS) is 11.1. The zero-order valence-corrected chi connectivity index (χ0v) is 10.1. The van der Waals surface area contributed by atoms with Crippen LogP contribution in [0.4, 0.5) is 0 Å². The molecule has 3 nitrogen and oxygen atoms in total. The van der Waals surface area contributed by atoms with Crippen molar-refractivity contribution in [3.63, 3.8) is 0 Å². The Balaban J connectivity index is 2.32. The quantitative estimate of drug-likeness (QED) is 0.807. The summed E-state index contributed by atoms with van der Waals surface area (Å²) < 4.78 is 5.90.